The van der Waals surface area contributed by atoms with Crippen LogP contribution in [0.3, 0.4) is 0 Å². The summed E-state index contributed by atoms with van der Waals surface area (Å²) in [5, 5.41) is 12.4. The van der Waals surface area contributed by atoms with E-state index in [1.165, 1.54) is 0 Å². The Morgan fingerprint density at radius 2 is 2.40 bits per heavy atom. The van der Waals surface area contributed by atoms with Gasteiger partial charge in [0.25, 0.3) is 0 Å². The van der Waals surface area contributed by atoms with E-state index in [9.17, 15) is 0 Å². The van der Waals surface area contributed by atoms with Crippen LogP contribution >= 0.6 is 0 Å². The highest BCUT2D eigenvalue weighted by molar-refractivity contribution is 4.99. The predicted molar refractivity (Wildman–Crippen MR) is 33.2 cm³/mol. The van der Waals surface area contributed by atoms with Crippen molar-refractivity contribution in [1.29, 1.82) is 0 Å². The molecule has 0 amide bonds. The Morgan fingerprint density at radius 1 is 1.70 bits per heavy atom. The van der Waals surface area contributed by atoms with E-state index in [1.807, 2.05) is 13.8 Å². The van der Waals surface area contributed by atoms with Crippen molar-refractivity contribution >= 4 is 0 Å². The molecule has 1 heterocycles. The molecule has 0 aliphatic carbocycles. The van der Waals surface area contributed by atoms with Gasteiger partial charge in [-0.05, 0) is 0 Å². The van der Waals surface area contributed by atoms with Gasteiger partial charge in [0.1, 0.15) is 0 Å². The number of aliphatic hydroxyl groups is 1. The zero-order valence-electron chi connectivity index (χ0n) is 5.96. The lowest BCUT2D eigenvalue weighted by atomic mass is 9.94. The third kappa shape index (κ3) is 1.16. The highest BCUT2D eigenvalue weighted by Crippen LogP contribution is 2.16. The molecule has 0 saturated heterocycles. The third-order valence-corrected chi connectivity index (χ3v) is 1.33. The molecule has 0 fully saturated rings. The van der Waals surface area contributed by atoms with Crippen LogP contribution in [0.25, 0.3) is 0 Å². The predicted octanol–water partition coefficient (Wildman–Crippen LogP) is 0.140. The Kier molecular flexibility index (Phi) is 1.72. The molecule has 1 rings (SSSR count). The first-order chi connectivity index (χ1) is 4.67. The van der Waals surface area contributed by atoms with Gasteiger partial charge in [-0.15, -0.1) is 0 Å². The number of aliphatic hydroxyl groups excluding tert-OH is 1. The minimum absolute atomic E-state index is 0.000370. The Morgan fingerprint density at radius 3 is 2.80 bits per heavy atom. The van der Waals surface area contributed by atoms with Crippen molar-refractivity contribution in [3.05, 3.63) is 12.2 Å². The first-order valence-electron chi connectivity index (χ1n) is 2.98. The lowest BCUT2D eigenvalue weighted by molar-refractivity contribution is 0.208. The molecular formula is C6H9N2O2. The molecule has 0 bridgehead atoms. The highest BCUT2D eigenvalue weighted by Gasteiger charge is 2.24. The van der Waals surface area contributed by atoms with Gasteiger partial charge in [0.2, 0.25) is 0 Å². The van der Waals surface area contributed by atoms with Crippen LogP contribution in [0.2, 0.25) is 0 Å². The first kappa shape index (κ1) is 7.21. The maximum Gasteiger partial charge on any atom is 0.316 e. The van der Waals surface area contributed by atoms with E-state index < -0.39 is 5.41 Å². The van der Waals surface area contributed by atoms with Crippen molar-refractivity contribution in [2.45, 2.75) is 19.3 Å². The van der Waals surface area contributed by atoms with Crippen LogP contribution in [0.15, 0.2) is 4.52 Å². The molecule has 0 aromatic carbocycles. The molecule has 1 aromatic rings. The van der Waals surface area contributed by atoms with Crippen LogP contribution in [0, 0.1) is 6.39 Å². The largest absolute Gasteiger partial charge is 0.395 e. The van der Waals surface area contributed by atoms with Crippen LogP contribution in [0.5, 0.6) is 0 Å². The zero-order chi connectivity index (χ0) is 7.61. The minimum Gasteiger partial charge on any atom is -0.395 e. The van der Waals surface area contributed by atoms with Crippen LogP contribution in [0.1, 0.15) is 19.7 Å². The van der Waals surface area contributed by atoms with E-state index in [0.29, 0.717) is 5.82 Å². The molecule has 0 saturated carbocycles. The quantitative estimate of drug-likeness (QED) is 0.636. The molecule has 1 radical (unpaired) electrons. The van der Waals surface area contributed by atoms with E-state index in [1.54, 1.807) is 0 Å². The smallest absolute Gasteiger partial charge is 0.316 e. The van der Waals surface area contributed by atoms with Crippen molar-refractivity contribution in [3.8, 4) is 0 Å². The highest BCUT2D eigenvalue weighted by atomic mass is 16.5. The summed E-state index contributed by atoms with van der Waals surface area (Å²) in [6.45, 7) is 3.65. The normalized spacial score (nSPS) is 11.9. The number of aromatic nitrogens is 2. The molecule has 1 N–H and O–H groups in total. The number of nitrogens with zero attached hydrogens (tertiary/aromatic N) is 2. The van der Waals surface area contributed by atoms with Gasteiger partial charge < -0.3 is 9.63 Å². The van der Waals surface area contributed by atoms with E-state index in [-0.39, 0.29) is 6.61 Å². The molecule has 4 nitrogen and oxygen atoms in total. The topological polar surface area (TPSA) is 59.2 Å². The lowest BCUT2D eigenvalue weighted by Gasteiger charge is -2.15. The Hall–Kier alpha value is -0.900. The summed E-state index contributed by atoms with van der Waals surface area (Å²) in [6.07, 6.45) is 2.22. The summed E-state index contributed by atoms with van der Waals surface area (Å²) >= 11 is 0. The van der Waals surface area contributed by atoms with Gasteiger partial charge in [0.15, 0.2) is 5.82 Å². The standard InChI is InChI=1S/C6H9N2O2/c1-6(2,3-9)5-7-4-10-8-5/h9H,3H2,1-2H3. The van der Waals surface area contributed by atoms with Crippen molar-refractivity contribution in [1.82, 2.24) is 10.1 Å². The zero-order valence-corrected chi connectivity index (χ0v) is 5.96. The average molecular weight is 141 g/mol. The monoisotopic (exact) mass is 141 g/mol. The second-order valence-electron chi connectivity index (χ2n) is 2.75. The number of rotatable bonds is 2. The summed E-state index contributed by atoms with van der Waals surface area (Å²) < 4.78 is 4.41. The Labute approximate surface area is 58.9 Å². The second kappa shape index (κ2) is 2.38. The minimum atomic E-state index is -0.427. The van der Waals surface area contributed by atoms with Crippen LogP contribution in [-0.2, 0) is 5.41 Å². The van der Waals surface area contributed by atoms with Gasteiger partial charge in [-0.3, -0.25) is 0 Å². The average Bonchev–Trinajstić information content (AvgIpc) is 2.38. The summed E-state index contributed by atoms with van der Waals surface area (Å²) in [7, 11) is 0. The summed E-state index contributed by atoms with van der Waals surface area (Å²) in [4.78, 5) is 3.70. The SMILES string of the molecule is CC(C)(CO)c1n[c]on1. The molecular weight excluding hydrogens is 132 g/mol. The summed E-state index contributed by atoms with van der Waals surface area (Å²) in [5.74, 6) is 0.481. The molecule has 0 unspecified atom stereocenters. The Balaban J connectivity index is 2.85. The van der Waals surface area contributed by atoms with Crippen molar-refractivity contribution in [2.75, 3.05) is 6.61 Å². The first-order valence-corrected chi connectivity index (χ1v) is 2.98. The maximum atomic E-state index is 8.83. The fourth-order valence-electron chi connectivity index (χ4n) is 0.493. The number of hydrogen-bond acceptors (Lipinski definition) is 4. The van der Waals surface area contributed by atoms with E-state index in [2.05, 4.69) is 21.1 Å². The fourth-order valence-corrected chi connectivity index (χ4v) is 0.493. The molecule has 10 heavy (non-hydrogen) atoms. The Bertz CT molecular complexity index is 194. The van der Waals surface area contributed by atoms with Gasteiger partial charge in [0.05, 0.1) is 12.0 Å². The fraction of sp³-hybridized carbons (Fsp3) is 0.667. The molecule has 0 atom stereocenters. The van der Waals surface area contributed by atoms with Crippen molar-refractivity contribution < 1.29 is 9.63 Å². The molecule has 0 spiro atoms. The van der Waals surface area contributed by atoms with Crippen molar-refractivity contribution in [2.24, 2.45) is 0 Å². The van der Waals surface area contributed by atoms with E-state index in [0.717, 1.165) is 0 Å². The molecule has 0 aliphatic heterocycles. The second-order valence-corrected chi connectivity index (χ2v) is 2.75. The number of hydrogen-bond donors (Lipinski definition) is 1. The van der Waals surface area contributed by atoms with Gasteiger partial charge in [-0.25, -0.2) is 0 Å². The van der Waals surface area contributed by atoms with E-state index in [4.69, 9.17) is 5.11 Å². The van der Waals surface area contributed by atoms with Crippen LogP contribution < -0.4 is 0 Å². The van der Waals surface area contributed by atoms with Gasteiger partial charge in [-0.2, -0.15) is 4.98 Å². The van der Waals surface area contributed by atoms with Crippen LogP contribution in [-0.4, -0.2) is 21.9 Å². The molecule has 55 valence electrons. The van der Waals surface area contributed by atoms with Crippen LogP contribution in [0.4, 0.5) is 0 Å². The van der Waals surface area contributed by atoms with Gasteiger partial charge in [-0.1, -0.05) is 19.0 Å². The van der Waals surface area contributed by atoms with Crippen molar-refractivity contribution in [3.63, 3.8) is 0 Å². The molecule has 4 heteroatoms. The molecule has 1 aromatic heterocycles. The summed E-state index contributed by atoms with van der Waals surface area (Å²) in [5.41, 5.74) is -0.427. The lowest BCUT2D eigenvalue weighted by Crippen LogP contribution is -2.23. The van der Waals surface area contributed by atoms with Gasteiger partial charge >= 0.3 is 6.39 Å². The van der Waals surface area contributed by atoms with Gasteiger partial charge in [0, 0.05) is 0 Å². The third-order valence-electron chi connectivity index (χ3n) is 1.33. The molecule has 0 aliphatic rings. The maximum absolute atomic E-state index is 8.83. The summed E-state index contributed by atoms with van der Waals surface area (Å²) in [6, 6.07) is 0. The van der Waals surface area contributed by atoms with E-state index >= 15 is 0 Å².